The normalized spacial score (nSPS) is 52.5. The number of fused-ring (bicyclic) bond motifs is 5. The SMILES string of the molecule is C[C@@]12C(=S)NC(=S)[C@@H]1[C@@H]1CC[C@H]2C1. The van der Waals surface area contributed by atoms with Gasteiger partial charge in [-0.25, -0.2) is 0 Å². The van der Waals surface area contributed by atoms with E-state index in [0.29, 0.717) is 5.92 Å². The molecule has 1 nitrogen and oxygen atoms in total. The van der Waals surface area contributed by atoms with Gasteiger partial charge in [0, 0.05) is 11.3 Å². The minimum atomic E-state index is 0.231. The van der Waals surface area contributed by atoms with E-state index in [-0.39, 0.29) is 5.41 Å². The lowest BCUT2D eigenvalue weighted by Crippen LogP contribution is -2.36. The largest absolute Gasteiger partial charge is 0.344 e. The molecule has 0 radical (unpaired) electrons. The molecule has 1 heterocycles. The zero-order valence-electron chi connectivity index (χ0n) is 7.67. The fourth-order valence-corrected chi connectivity index (χ4v) is 4.75. The average molecular weight is 211 g/mol. The number of rotatable bonds is 0. The van der Waals surface area contributed by atoms with E-state index in [1.807, 2.05) is 0 Å². The van der Waals surface area contributed by atoms with Crippen molar-refractivity contribution in [2.24, 2.45) is 23.2 Å². The molecule has 0 spiro atoms. The van der Waals surface area contributed by atoms with Gasteiger partial charge in [-0.15, -0.1) is 0 Å². The minimum absolute atomic E-state index is 0.231. The highest BCUT2D eigenvalue weighted by molar-refractivity contribution is 7.82. The van der Waals surface area contributed by atoms with Crippen LogP contribution in [0.15, 0.2) is 0 Å². The van der Waals surface area contributed by atoms with Gasteiger partial charge in [-0.05, 0) is 31.1 Å². The third kappa shape index (κ3) is 0.785. The van der Waals surface area contributed by atoms with Crippen molar-refractivity contribution in [3.63, 3.8) is 0 Å². The third-order valence-electron chi connectivity index (χ3n) is 4.45. The molecule has 1 aliphatic heterocycles. The lowest BCUT2D eigenvalue weighted by atomic mass is 9.69. The predicted molar refractivity (Wildman–Crippen MR) is 60.8 cm³/mol. The van der Waals surface area contributed by atoms with Gasteiger partial charge < -0.3 is 5.32 Å². The molecule has 0 aromatic heterocycles. The van der Waals surface area contributed by atoms with Crippen LogP contribution in [0.5, 0.6) is 0 Å². The Morgan fingerprint density at radius 1 is 1.38 bits per heavy atom. The van der Waals surface area contributed by atoms with Crippen LogP contribution in [0.3, 0.4) is 0 Å². The lowest BCUT2D eigenvalue weighted by Gasteiger charge is -2.33. The molecule has 70 valence electrons. The third-order valence-corrected chi connectivity index (χ3v) is 5.35. The minimum Gasteiger partial charge on any atom is -0.344 e. The van der Waals surface area contributed by atoms with E-state index in [4.69, 9.17) is 24.4 Å². The zero-order valence-corrected chi connectivity index (χ0v) is 9.30. The molecule has 2 saturated carbocycles. The molecule has 3 fully saturated rings. The standard InChI is InChI=1S/C10H13NS2/c1-10-6-3-2-5(4-6)7(10)8(12)11-9(10)13/h5-7H,2-4H2,1H3,(H,11,12,13)/t5-,6+,7+,10+/m1/s1. The van der Waals surface area contributed by atoms with Crippen LogP contribution in [-0.4, -0.2) is 9.98 Å². The molecule has 2 aliphatic carbocycles. The van der Waals surface area contributed by atoms with E-state index in [1.165, 1.54) is 19.3 Å². The molecule has 3 rings (SSSR count). The van der Waals surface area contributed by atoms with Crippen LogP contribution >= 0.6 is 24.4 Å². The number of hydrogen-bond donors (Lipinski definition) is 1. The number of nitrogens with one attached hydrogen (secondary N) is 1. The van der Waals surface area contributed by atoms with E-state index in [1.54, 1.807) is 0 Å². The molecule has 2 bridgehead atoms. The second kappa shape index (κ2) is 2.31. The lowest BCUT2D eigenvalue weighted by molar-refractivity contribution is 0.250. The van der Waals surface area contributed by atoms with Crippen molar-refractivity contribution in [1.29, 1.82) is 0 Å². The maximum Gasteiger partial charge on any atom is 0.0871 e. The van der Waals surface area contributed by atoms with Crippen molar-refractivity contribution in [2.75, 3.05) is 0 Å². The maximum atomic E-state index is 5.41. The maximum absolute atomic E-state index is 5.41. The molecule has 1 N–H and O–H groups in total. The van der Waals surface area contributed by atoms with Crippen LogP contribution in [0, 0.1) is 23.2 Å². The summed E-state index contributed by atoms with van der Waals surface area (Å²) in [7, 11) is 0. The summed E-state index contributed by atoms with van der Waals surface area (Å²) in [6.45, 7) is 2.32. The van der Waals surface area contributed by atoms with Crippen LogP contribution in [0.1, 0.15) is 26.2 Å². The molecule has 1 saturated heterocycles. The Labute approximate surface area is 89.3 Å². The van der Waals surface area contributed by atoms with Gasteiger partial charge in [0.2, 0.25) is 0 Å². The molecule has 0 aromatic carbocycles. The highest BCUT2D eigenvalue weighted by Crippen LogP contribution is 2.62. The van der Waals surface area contributed by atoms with E-state index < -0.39 is 0 Å². The smallest absolute Gasteiger partial charge is 0.0871 e. The van der Waals surface area contributed by atoms with Gasteiger partial charge in [0.1, 0.15) is 0 Å². The Morgan fingerprint density at radius 3 is 2.85 bits per heavy atom. The van der Waals surface area contributed by atoms with Gasteiger partial charge in [0.25, 0.3) is 0 Å². The van der Waals surface area contributed by atoms with Crippen molar-refractivity contribution in [3.05, 3.63) is 0 Å². The zero-order chi connectivity index (χ0) is 9.22. The van der Waals surface area contributed by atoms with Crippen LogP contribution in [-0.2, 0) is 0 Å². The molecule has 13 heavy (non-hydrogen) atoms. The number of thiocarbonyl (C=S) groups is 2. The highest BCUT2D eigenvalue weighted by Gasteiger charge is 2.62. The fraction of sp³-hybridized carbons (Fsp3) is 0.800. The van der Waals surface area contributed by atoms with E-state index in [2.05, 4.69) is 12.2 Å². The molecule has 4 atom stereocenters. The van der Waals surface area contributed by atoms with Gasteiger partial charge in [0.15, 0.2) is 0 Å². The van der Waals surface area contributed by atoms with Crippen LogP contribution < -0.4 is 5.32 Å². The summed E-state index contributed by atoms with van der Waals surface area (Å²) in [6.07, 6.45) is 4.10. The van der Waals surface area contributed by atoms with E-state index >= 15 is 0 Å². The van der Waals surface area contributed by atoms with Gasteiger partial charge in [-0.1, -0.05) is 31.4 Å². The first-order chi connectivity index (χ1) is 6.14. The Bertz CT molecular complexity index is 312. The summed E-state index contributed by atoms with van der Waals surface area (Å²) in [6, 6.07) is 0. The Morgan fingerprint density at radius 2 is 2.15 bits per heavy atom. The topological polar surface area (TPSA) is 12.0 Å². The molecule has 3 aliphatic rings. The number of hydrogen-bond acceptors (Lipinski definition) is 2. The first-order valence-electron chi connectivity index (χ1n) is 4.99. The molecule has 0 unspecified atom stereocenters. The second-order valence-electron chi connectivity index (χ2n) is 4.85. The van der Waals surface area contributed by atoms with E-state index in [9.17, 15) is 0 Å². The molecular formula is C10H13NS2. The van der Waals surface area contributed by atoms with Crippen LogP contribution in [0.2, 0.25) is 0 Å². The molecular weight excluding hydrogens is 198 g/mol. The first kappa shape index (κ1) is 8.30. The van der Waals surface area contributed by atoms with Crippen LogP contribution in [0.25, 0.3) is 0 Å². The van der Waals surface area contributed by atoms with Crippen molar-refractivity contribution >= 4 is 34.4 Å². The Kier molecular flexibility index (Phi) is 1.48. The second-order valence-corrected chi connectivity index (χ2v) is 5.70. The fourth-order valence-electron chi connectivity index (χ4n) is 3.74. The highest BCUT2D eigenvalue weighted by atomic mass is 32.1. The van der Waals surface area contributed by atoms with Gasteiger partial charge in [0.05, 0.1) is 9.98 Å². The molecule has 0 aromatic rings. The molecule has 3 heteroatoms. The summed E-state index contributed by atoms with van der Waals surface area (Å²) in [5.74, 6) is 2.21. The van der Waals surface area contributed by atoms with Crippen molar-refractivity contribution in [2.45, 2.75) is 26.2 Å². The van der Waals surface area contributed by atoms with Crippen molar-refractivity contribution in [3.8, 4) is 0 Å². The van der Waals surface area contributed by atoms with Gasteiger partial charge >= 0.3 is 0 Å². The average Bonchev–Trinajstić information content (AvgIpc) is 2.66. The summed E-state index contributed by atoms with van der Waals surface area (Å²) in [5, 5.41) is 3.22. The van der Waals surface area contributed by atoms with Gasteiger partial charge in [-0.3, -0.25) is 0 Å². The summed E-state index contributed by atoms with van der Waals surface area (Å²) in [4.78, 5) is 2.05. The predicted octanol–water partition coefficient (Wildman–Crippen LogP) is 2.30. The van der Waals surface area contributed by atoms with Crippen LogP contribution in [0.4, 0.5) is 0 Å². The summed E-state index contributed by atoms with van der Waals surface area (Å²) < 4.78 is 0. The summed E-state index contributed by atoms with van der Waals surface area (Å²) in [5.41, 5.74) is 0.231. The first-order valence-corrected chi connectivity index (χ1v) is 5.81. The molecule has 0 amide bonds. The quantitative estimate of drug-likeness (QED) is 0.618. The van der Waals surface area contributed by atoms with E-state index in [0.717, 1.165) is 21.8 Å². The van der Waals surface area contributed by atoms with Gasteiger partial charge in [-0.2, -0.15) is 0 Å². The Balaban J connectivity index is 2.12. The summed E-state index contributed by atoms with van der Waals surface area (Å²) >= 11 is 10.8. The van der Waals surface area contributed by atoms with Crippen molar-refractivity contribution in [1.82, 2.24) is 5.32 Å². The monoisotopic (exact) mass is 211 g/mol. The Hall–Kier alpha value is -0.0200. The van der Waals surface area contributed by atoms with Crippen molar-refractivity contribution < 1.29 is 0 Å².